The van der Waals surface area contributed by atoms with Crippen molar-refractivity contribution in [3.8, 4) is 0 Å². The molecule has 2 fully saturated rings. The summed E-state index contributed by atoms with van der Waals surface area (Å²) in [6.45, 7) is 4.14. The Balaban J connectivity index is 1.85. The highest BCUT2D eigenvalue weighted by atomic mass is 15.2. The Hall–Kier alpha value is -1.44. The van der Waals surface area contributed by atoms with Gasteiger partial charge < -0.3 is 27.1 Å². The molecule has 0 radical (unpaired) electrons. The lowest BCUT2D eigenvalue weighted by Gasteiger charge is -2.21. The lowest BCUT2D eigenvalue weighted by atomic mass is 10.1. The summed E-state index contributed by atoms with van der Waals surface area (Å²) in [5, 5.41) is 14.4. The monoisotopic (exact) mass is 335 g/mol. The van der Waals surface area contributed by atoms with E-state index in [4.69, 9.17) is 16.9 Å². The number of nitrogens with zero attached hydrogens (tertiary/aromatic N) is 2. The molecule has 0 spiro atoms. The third-order valence-electron chi connectivity index (χ3n) is 4.57. The predicted octanol–water partition coefficient (Wildman–Crippen LogP) is 0.727. The minimum atomic E-state index is -0.149. The minimum Gasteiger partial charge on any atom is -0.390 e. The second-order valence-corrected chi connectivity index (χ2v) is 6.73. The Morgan fingerprint density at radius 1 is 1.25 bits per heavy atom. The SMILES string of the molecule is N=C/C(CC(N)NC1CC1)=C(/N=C\N)NCCN1CCCCCC1. The molecular formula is C17H33N7. The van der Waals surface area contributed by atoms with Crippen molar-refractivity contribution in [2.45, 2.75) is 57.2 Å². The van der Waals surface area contributed by atoms with Crippen molar-refractivity contribution in [3.05, 3.63) is 11.4 Å². The zero-order valence-corrected chi connectivity index (χ0v) is 14.6. The second kappa shape index (κ2) is 10.4. The van der Waals surface area contributed by atoms with Gasteiger partial charge in [0.1, 0.15) is 5.82 Å². The molecule has 0 bridgehead atoms. The van der Waals surface area contributed by atoms with E-state index < -0.39 is 0 Å². The number of likely N-dealkylation sites (tertiary alicyclic amines) is 1. The van der Waals surface area contributed by atoms with E-state index in [0.29, 0.717) is 18.3 Å². The molecule has 7 N–H and O–H groups in total. The summed E-state index contributed by atoms with van der Waals surface area (Å²) >= 11 is 0. The fourth-order valence-electron chi connectivity index (χ4n) is 3.08. The highest BCUT2D eigenvalue weighted by Crippen LogP contribution is 2.20. The summed E-state index contributed by atoms with van der Waals surface area (Å²) < 4.78 is 0. The maximum absolute atomic E-state index is 7.69. The first-order valence-electron chi connectivity index (χ1n) is 9.18. The van der Waals surface area contributed by atoms with Crippen LogP contribution >= 0.6 is 0 Å². The fraction of sp³-hybridized carbons (Fsp3) is 0.765. The van der Waals surface area contributed by atoms with Gasteiger partial charge in [-0.3, -0.25) is 5.32 Å². The third kappa shape index (κ3) is 6.98. The maximum atomic E-state index is 7.69. The summed E-state index contributed by atoms with van der Waals surface area (Å²) in [5.41, 5.74) is 12.4. The number of hydrogen-bond donors (Lipinski definition) is 5. The molecule has 0 aromatic carbocycles. The van der Waals surface area contributed by atoms with Gasteiger partial charge in [0.25, 0.3) is 0 Å². The van der Waals surface area contributed by atoms with Crippen LogP contribution in [0.2, 0.25) is 0 Å². The molecule has 0 amide bonds. The lowest BCUT2D eigenvalue weighted by molar-refractivity contribution is 0.287. The topological polar surface area (TPSA) is 116 Å². The zero-order valence-electron chi connectivity index (χ0n) is 14.6. The average Bonchev–Trinajstić information content (AvgIpc) is 3.39. The van der Waals surface area contributed by atoms with E-state index in [-0.39, 0.29) is 6.17 Å². The first-order valence-corrected chi connectivity index (χ1v) is 9.18. The molecule has 1 saturated heterocycles. The maximum Gasteiger partial charge on any atom is 0.132 e. The van der Waals surface area contributed by atoms with Crippen molar-refractivity contribution in [1.82, 2.24) is 15.5 Å². The molecule has 24 heavy (non-hydrogen) atoms. The van der Waals surface area contributed by atoms with Crippen LogP contribution in [0.15, 0.2) is 16.4 Å². The van der Waals surface area contributed by atoms with E-state index in [1.54, 1.807) is 0 Å². The molecule has 2 rings (SSSR count). The van der Waals surface area contributed by atoms with Crippen LogP contribution in [0.1, 0.15) is 44.9 Å². The number of nitrogens with one attached hydrogen (secondary N) is 3. The molecule has 2 aliphatic rings. The Bertz CT molecular complexity index is 434. The molecule has 7 heteroatoms. The quantitative estimate of drug-likeness (QED) is 0.229. The molecule has 1 heterocycles. The van der Waals surface area contributed by atoms with E-state index in [0.717, 1.165) is 18.7 Å². The zero-order chi connectivity index (χ0) is 17.2. The molecule has 0 aromatic rings. The summed E-state index contributed by atoms with van der Waals surface area (Å²) in [7, 11) is 0. The van der Waals surface area contributed by atoms with Gasteiger partial charge in [0.05, 0.1) is 12.5 Å². The number of aliphatic imine (C=N–C) groups is 1. The summed E-state index contributed by atoms with van der Waals surface area (Å²) in [6, 6.07) is 0.546. The van der Waals surface area contributed by atoms with Crippen molar-refractivity contribution in [1.29, 1.82) is 5.41 Å². The fourth-order valence-corrected chi connectivity index (χ4v) is 3.08. The highest BCUT2D eigenvalue weighted by Gasteiger charge is 2.23. The van der Waals surface area contributed by atoms with Crippen molar-refractivity contribution in [2.24, 2.45) is 16.5 Å². The summed E-state index contributed by atoms with van der Waals surface area (Å²) in [4.78, 5) is 6.71. The van der Waals surface area contributed by atoms with E-state index in [1.165, 1.54) is 64.2 Å². The van der Waals surface area contributed by atoms with Gasteiger partial charge in [-0.15, -0.1) is 0 Å². The van der Waals surface area contributed by atoms with Crippen LogP contribution in [0.5, 0.6) is 0 Å². The van der Waals surface area contributed by atoms with E-state index >= 15 is 0 Å². The van der Waals surface area contributed by atoms with Crippen molar-refractivity contribution in [2.75, 3.05) is 26.2 Å². The molecule has 136 valence electrons. The molecule has 0 aromatic heterocycles. The van der Waals surface area contributed by atoms with Gasteiger partial charge in [-0.2, -0.15) is 0 Å². The van der Waals surface area contributed by atoms with Crippen LogP contribution in [-0.2, 0) is 0 Å². The predicted molar refractivity (Wildman–Crippen MR) is 100 cm³/mol. The normalized spacial score (nSPS) is 22.0. The molecule has 7 nitrogen and oxygen atoms in total. The van der Waals surface area contributed by atoms with Crippen LogP contribution in [0, 0.1) is 5.41 Å². The summed E-state index contributed by atoms with van der Waals surface area (Å²) in [5.74, 6) is 0.662. The van der Waals surface area contributed by atoms with Crippen LogP contribution < -0.4 is 22.1 Å². The first kappa shape index (κ1) is 18.9. The Morgan fingerprint density at radius 2 is 1.96 bits per heavy atom. The number of hydrogen-bond acceptors (Lipinski definition) is 6. The van der Waals surface area contributed by atoms with Crippen molar-refractivity contribution < 1.29 is 0 Å². The summed E-state index contributed by atoms with van der Waals surface area (Å²) in [6.07, 6.45) is 10.7. The van der Waals surface area contributed by atoms with Gasteiger partial charge in [-0.25, -0.2) is 4.99 Å². The smallest absolute Gasteiger partial charge is 0.132 e. The lowest BCUT2D eigenvalue weighted by Crippen LogP contribution is -2.39. The van der Waals surface area contributed by atoms with Gasteiger partial charge in [-0.1, -0.05) is 12.8 Å². The number of nitrogens with two attached hydrogens (primary N) is 2. The van der Waals surface area contributed by atoms with Gasteiger partial charge in [0.2, 0.25) is 0 Å². The van der Waals surface area contributed by atoms with Gasteiger partial charge >= 0.3 is 0 Å². The largest absolute Gasteiger partial charge is 0.390 e. The molecular weight excluding hydrogens is 302 g/mol. The molecule has 1 aliphatic carbocycles. The van der Waals surface area contributed by atoms with Gasteiger partial charge in [0.15, 0.2) is 0 Å². The van der Waals surface area contributed by atoms with E-state index in [1.807, 2.05) is 0 Å². The van der Waals surface area contributed by atoms with Crippen LogP contribution in [-0.4, -0.2) is 55.8 Å². The third-order valence-corrected chi connectivity index (χ3v) is 4.57. The number of rotatable bonds is 10. The van der Waals surface area contributed by atoms with Crippen LogP contribution in [0.25, 0.3) is 0 Å². The van der Waals surface area contributed by atoms with Crippen molar-refractivity contribution in [3.63, 3.8) is 0 Å². The van der Waals surface area contributed by atoms with Gasteiger partial charge in [0, 0.05) is 37.3 Å². The standard InChI is InChI=1S/C17H33N7/c18-12-14(11-16(20)23-15-5-6-15)17(22-13-19)21-7-10-24-8-3-1-2-4-9-24/h12-13,15-16,18,21,23H,1-11,20H2,(H2,19,22)/b17-14+,18-12?. The van der Waals surface area contributed by atoms with E-state index in [2.05, 4.69) is 20.5 Å². The minimum absolute atomic E-state index is 0.149. The van der Waals surface area contributed by atoms with E-state index in [9.17, 15) is 0 Å². The van der Waals surface area contributed by atoms with Crippen LogP contribution in [0.4, 0.5) is 0 Å². The Labute approximate surface area is 145 Å². The second-order valence-electron chi connectivity index (χ2n) is 6.73. The molecule has 1 aliphatic heterocycles. The first-order chi connectivity index (χ1) is 11.7. The molecule has 1 unspecified atom stereocenters. The average molecular weight is 336 g/mol. The highest BCUT2D eigenvalue weighted by molar-refractivity contribution is 5.77. The van der Waals surface area contributed by atoms with Crippen LogP contribution in [0.3, 0.4) is 0 Å². The van der Waals surface area contributed by atoms with Gasteiger partial charge in [-0.05, 0) is 38.8 Å². The Morgan fingerprint density at radius 3 is 2.54 bits per heavy atom. The Kier molecular flexibility index (Phi) is 8.21. The molecule has 1 saturated carbocycles. The van der Waals surface area contributed by atoms with Crippen molar-refractivity contribution >= 4 is 12.6 Å². The molecule has 1 atom stereocenters.